The highest BCUT2D eigenvalue weighted by Gasteiger charge is 2.17. The molecule has 0 bridgehead atoms. The number of rotatable bonds is 7. The molecule has 0 radical (unpaired) electrons. The normalized spacial score (nSPS) is 19.5. The Kier molecular flexibility index (Phi) is 8.33. The molecular weight excluding hydrogens is 412 g/mol. The van der Waals surface area contributed by atoms with Crippen LogP contribution in [0.3, 0.4) is 0 Å². The summed E-state index contributed by atoms with van der Waals surface area (Å²) in [6, 6.07) is 5.94. The van der Waals surface area contributed by atoms with Gasteiger partial charge in [-0.25, -0.2) is 9.98 Å². The third kappa shape index (κ3) is 6.05. The molecule has 1 aliphatic rings. The smallest absolute Gasteiger partial charge is 0.258 e. The number of fused-ring (bicyclic) bond motifs is 1. The van der Waals surface area contributed by atoms with Gasteiger partial charge < -0.3 is 10.2 Å². The van der Waals surface area contributed by atoms with Gasteiger partial charge >= 0.3 is 0 Å². The van der Waals surface area contributed by atoms with Gasteiger partial charge in [0, 0.05) is 49.9 Å². The summed E-state index contributed by atoms with van der Waals surface area (Å²) in [5, 5.41) is 3.45. The van der Waals surface area contributed by atoms with Crippen LogP contribution in [-0.2, 0) is 0 Å². The van der Waals surface area contributed by atoms with E-state index in [2.05, 4.69) is 36.0 Å². The van der Waals surface area contributed by atoms with Crippen molar-refractivity contribution in [1.29, 1.82) is 0 Å². The number of allylic oxidation sites excluding steroid dienone is 3. The van der Waals surface area contributed by atoms with E-state index in [0.717, 1.165) is 43.2 Å². The molecule has 1 N–H and O–H groups in total. The zero-order chi connectivity index (χ0) is 24.0. The average Bonchev–Trinajstić information content (AvgIpc) is 2.83. The second-order valence-corrected chi connectivity index (χ2v) is 8.60. The van der Waals surface area contributed by atoms with E-state index in [1.54, 1.807) is 10.5 Å². The Hall–Kier alpha value is -3.06. The van der Waals surface area contributed by atoms with Gasteiger partial charge in [0.05, 0.1) is 22.8 Å². The number of nitrogens with zero attached hydrogens (tertiary/aromatic N) is 5. The van der Waals surface area contributed by atoms with Crippen LogP contribution in [0.2, 0.25) is 0 Å². The molecule has 2 aromatic heterocycles. The quantitative estimate of drug-likeness (QED) is 0.640. The van der Waals surface area contributed by atoms with E-state index in [1.165, 1.54) is 0 Å². The lowest BCUT2D eigenvalue weighted by Gasteiger charge is -2.33. The molecule has 0 spiro atoms. The molecule has 2 atom stereocenters. The maximum Gasteiger partial charge on any atom is 0.258 e. The topological polar surface area (TPSA) is 74.4 Å². The number of hydrogen-bond donors (Lipinski definition) is 1. The first kappa shape index (κ1) is 24.6. The van der Waals surface area contributed by atoms with Crippen molar-refractivity contribution in [3.05, 3.63) is 58.3 Å². The Morgan fingerprint density at radius 1 is 1.33 bits per heavy atom. The summed E-state index contributed by atoms with van der Waals surface area (Å²) in [5.41, 5.74) is 4.59. The number of nitrogens with one attached hydrogen (secondary N) is 1. The van der Waals surface area contributed by atoms with Gasteiger partial charge in [0.1, 0.15) is 5.65 Å². The van der Waals surface area contributed by atoms with Crippen LogP contribution in [0.5, 0.6) is 0 Å². The lowest BCUT2D eigenvalue weighted by Crippen LogP contribution is -2.49. The van der Waals surface area contributed by atoms with E-state index in [1.807, 2.05) is 57.5 Å². The lowest BCUT2D eigenvalue weighted by molar-refractivity contribution is 0.484. The maximum atomic E-state index is 13.0. The molecule has 3 heterocycles. The Morgan fingerprint density at radius 3 is 2.79 bits per heavy atom. The van der Waals surface area contributed by atoms with Gasteiger partial charge in [0.2, 0.25) is 0 Å². The standard InChI is InChI=1S/C26H36N6O/c1-7-18(4)24(15-28-19(5)8-2)29-22(9-3)23-14-26(33)32-17-21(10-11-25(32)30-23)31-13-12-27-20(6)16-31/h8-11,14-15,17-18,20,27H,7,12-13,16H2,1-6H3/b19-8-,22-9-,28-15-,29-24-/t18?,20-/m0/s1. The summed E-state index contributed by atoms with van der Waals surface area (Å²) in [6.45, 7) is 15.0. The minimum Gasteiger partial charge on any atom is -0.368 e. The van der Waals surface area contributed by atoms with E-state index in [-0.39, 0.29) is 11.5 Å². The van der Waals surface area contributed by atoms with Crippen molar-refractivity contribution >= 4 is 29.0 Å². The summed E-state index contributed by atoms with van der Waals surface area (Å²) < 4.78 is 1.62. The molecule has 1 aliphatic heterocycles. The Morgan fingerprint density at radius 2 is 2.12 bits per heavy atom. The Bertz CT molecular complexity index is 1160. The van der Waals surface area contributed by atoms with Gasteiger partial charge in [-0.2, -0.15) is 0 Å². The first-order valence-corrected chi connectivity index (χ1v) is 11.8. The first-order valence-electron chi connectivity index (χ1n) is 11.8. The predicted molar refractivity (Wildman–Crippen MR) is 140 cm³/mol. The van der Waals surface area contributed by atoms with Crippen LogP contribution < -0.4 is 15.8 Å². The van der Waals surface area contributed by atoms with Crippen LogP contribution in [-0.4, -0.2) is 47.0 Å². The monoisotopic (exact) mass is 448 g/mol. The van der Waals surface area contributed by atoms with Gasteiger partial charge in [0.25, 0.3) is 5.56 Å². The molecule has 3 rings (SSSR count). The van der Waals surface area contributed by atoms with Crippen LogP contribution >= 0.6 is 0 Å². The van der Waals surface area contributed by atoms with Crippen molar-refractivity contribution in [3.63, 3.8) is 0 Å². The Labute approximate surface area is 196 Å². The second-order valence-electron chi connectivity index (χ2n) is 8.60. The molecule has 33 heavy (non-hydrogen) atoms. The van der Waals surface area contributed by atoms with Crippen molar-refractivity contribution in [2.45, 2.75) is 54.0 Å². The fraction of sp³-hybridized carbons (Fsp3) is 0.462. The van der Waals surface area contributed by atoms with Gasteiger partial charge in [-0.05, 0) is 52.2 Å². The summed E-state index contributed by atoms with van der Waals surface area (Å²) in [7, 11) is 0. The van der Waals surface area contributed by atoms with E-state index >= 15 is 0 Å². The van der Waals surface area contributed by atoms with Crippen LogP contribution in [0, 0.1) is 5.92 Å². The molecular formula is C26H36N6O. The third-order valence-corrected chi connectivity index (χ3v) is 6.10. The maximum absolute atomic E-state index is 13.0. The number of aliphatic imine (C=N–C) groups is 2. The van der Waals surface area contributed by atoms with E-state index in [9.17, 15) is 4.79 Å². The van der Waals surface area contributed by atoms with Gasteiger partial charge in [-0.1, -0.05) is 26.0 Å². The number of anilines is 1. The molecule has 7 heteroatoms. The molecule has 0 aliphatic carbocycles. The number of hydrogen-bond acceptors (Lipinski definition) is 6. The van der Waals surface area contributed by atoms with Crippen molar-refractivity contribution < 1.29 is 0 Å². The molecule has 2 aromatic rings. The van der Waals surface area contributed by atoms with Gasteiger partial charge in [-0.3, -0.25) is 14.2 Å². The van der Waals surface area contributed by atoms with E-state index in [0.29, 0.717) is 23.1 Å². The van der Waals surface area contributed by atoms with E-state index in [4.69, 9.17) is 9.98 Å². The fourth-order valence-corrected chi connectivity index (χ4v) is 3.70. The highest BCUT2D eigenvalue weighted by molar-refractivity contribution is 6.32. The molecule has 7 nitrogen and oxygen atoms in total. The van der Waals surface area contributed by atoms with Crippen molar-refractivity contribution in [3.8, 4) is 0 Å². The highest BCUT2D eigenvalue weighted by Crippen LogP contribution is 2.19. The Balaban J connectivity index is 1.99. The first-order chi connectivity index (χ1) is 15.9. The average molecular weight is 449 g/mol. The van der Waals surface area contributed by atoms with Crippen molar-refractivity contribution in [2.24, 2.45) is 15.9 Å². The van der Waals surface area contributed by atoms with Crippen molar-refractivity contribution in [2.75, 3.05) is 24.5 Å². The van der Waals surface area contributed by atoms with Crippen LogP contribution in [0.4, 0.5) is 5.69 Å². The fourth-order valence-electron chi connectivity index (χ4n) is 3.70. The molecule has 1 fully saturated rings. The zero-order valence-corrected chi connectivity index (χ0v) is 20.7. The zero-order valence-electron chi connectivity index (χ0n) is 20.7. The number of pyridine rings is 1. The second kappa shape index (κ2) is 11.2. The molecule has 176 valence electrons. The summed E-state index contributed by atoms with van der Waals surface area (Å²) >= 11 is 0. The SMILES string of the molecule is C\C=C(C)/N=C\C(=N\C(=C/C)c1cc(=O)n2cc(N3CCN[C@@H](C)C3)ccc2n1)C(C)CC. The molecule has 0 amide bonds. The highest BCUT2D eigenvalue weighted by atomic mass is 16.1. The lowest BCUT2D eigenvalue weighted by atomic mass is 10.0. The summed E-state index contributed by atoms with van der Waals surface area (Å²) in [6.07, 6.45) is 8.51. The van der Waals surface area contributed by atoms with Crippen LogP contribution in [0.15, 0.2) is 57.0 Å². The summed E-state index contributed by atoms with van der Waals surface area (Å²) in [5.74, 6) is 0.235. The van der Waals surface area contributed by atoms with Gasteiger partial charge in [-0.15, -0.1) is 0 Å². The largest absolute Gasteiger partial charge is 0.368 e. The summed E-state index contributed by atoms with van der Waals surface area (Å²) in [4.78, 5) is 29.5. The molecule has 1 saturated heterocycles. The minimum atomic E-state index is -0.113. The third-order valence-electron chi connectivity index (χ3n) is 6.10. The van der Waals surface area contributed by atoms with Gasteiger partial charge in [0.15, 0.2) is 0 Å². The van der Waals surface area contributed by atoms with E-state index < -0.39 is 0 Å². The van der Waals surface area contributed by atoms with Crippen LogP contribution in [0.25, 0.3) is 11.3 Å². The molecule has 0 saturated carbocycles. The number of piperazine rings is 1. The molecule has 1 unspecified atom stereocenters. The predicted octanol–water partition coefficient (Wildman–Crippen LogP) is 4.34. The number of aromatic nitrogens is 2. The molecule has 0 aromatic carbocycles. The van der Waals surface area contributed by atoms with Crippen molar-refractivity contribution in [1.82, 2.24) is 14.7 Å². The minimum absolute atomic E-state index is 0.113. The van der Waals surface area contributed by atoms with Crippen LogP contribution in [0.1, 0.15) is 53.7 Å².